The summed E-state index contributed by atoms with van der Waals surface area (Å²) in [6.45, 7) is 8.18. The number of carbonyl (C=O) groups is 2. The highest BCUT2D eigenvalue weighted by Gasteiger charge is 2.30. The standard InChI is InChI=1S/C24H32FN3O4S/c1-16(2)26-24(30)19(5)27(14-20-9-7-8-10-22(20)25)23(29)15-28(33(6,31)32)21-12-11-17(3)18(4)13-21/h7-13,16,19H,14-15H2,1-6H3,(H,26,30)/t19-/m1/s1. The van der Waals surface area contributed by atoms with Crippen LogP contribution in [0.25, 0.3) is 0 Å². The van der Waals surface area contributed by atoms with E-state index in [1.54, 1.807) is 38.1 Å². The summed E-state index contributed by atoms with van der Waals surface area (Å²) < 4.78 is 40.5. The van der Waals surface area contributed by atoms with Crippen LogP contribution in [-0.4, -0.2) is 50.0 Å². The van der Waals surface area contributed by atoms with Crippen LogP contribution in [0.2, 0.25) is 0 Å². The molecule has 7 nitrogen and oxygen atoms in total. The Morgan fingerprint density at radius 3 is 2.21 bits per heavy atom. The molecule has 0 aliphatic carbocycles. The van der Waals surface area contributed by atoms with Crippen molar-refractivity contribution >= 4 is 27.5 Å². The number of nitrogens with zero attached hydrogens (tertiary/aromatic N) is 2. The molecule has 2 amide bonds. The SMILES string of the molecule is Cc1ccc(N(CC(=O)N(Cc2ccccc2F)[C@H](C)C(=O)NC(C)C)S(C)(=O)=O)cc1C. The van der Waals surface area contributed by atoms with Gasteiger partial charge in [-0.05, 0) is 63.9 Å². The maximum absolute atomic E-state index is 14.3. The third-order valence-corrected chi connectivity index (χ3v) is 6.50. The minimum absolute atomic E-state index is 0.159. The zero-order valence-electron chi connectivity index (χ0n) is 19.9. The monoisotopic (exact) mass is 477 g/mol. The van der Waals surface area contributed by atoms with Gasteiger partial charge in [0.1, 0.15) is 18.4 Å². The van der Waals surface area contributed by atoms with Gasteiger partial charge in [-0.3, -0.25) is 13.9 Å². The lowest BCUT2D eigenvalue weighted by atomic mass is 10.1. The van der Waals surface area contributed by atoms with Crippen molar-refractivity contribution in [1.82, 2.24) is 10.2 Å². The molecule has 0 aliphatic rings. The molecular weight excluding hydrogens is 445 g/mol. The summed E-state index contributed by atoms with van der Waals surface area (Å²) in [5.41, 5.74) is 2.44. The summed E-state index contributed by atoms with van der Waals surface area (Å²) in [4.78, 5) is 27.3. The van der Waals surface area contributed by atoms with E-state index in [9.17, 15) is 22.4 Å². The Labute approximate surface area is 195 Å². The third kappa shape index (κ3) is 7.02. The van der Waals surface area contributed by atoms with Crippen molar-refractivity contribution in [3.63, 3.8) is 0 Å². The molecule has 33 heavy (non-hydrogen) atoms. The molecule has 0 fully saturated rings. The van der Waals surface area contributed by atoms with Gasteiger partial charge in [-0.25, -0.2) is 12.8 Å². The normalized spacial score (nSPS) is 12.4. The average molecular weight is 478 g/mol. The van der Waals surface area contributed by atoms with Crippen LogP contribution >= 0.6 is 0 Å². The Hall–Kier alpha value is -2.94. The number of hydrogen-bond acceptors (Lipinski definition) is 4. The van der Waals surface area contributed by atoms with Crippen LogP contribution in [0.1, 0.15) is 37.5 Å². The van der Waals surface area contributed by atoms with Gasteiger partial charge in [-0.15, -0.1) is 0 Å². The Balaban J connectivity index is 2.43. The fourth-order valence-electron chi connectivity index (χ4n) is 3.29. The fourth-order valence-corrected chi connectivity index (χ4v) is 4.13. The molecule has 0 spiro atoms. The molecular formula is C24H32FN3O4S. The Morgan fingerprint density at radius 2 is 1.67 bits per heavy atom. The highest BCUT2D eigenvalue weighted by atomic mass is 32.2. The largest absolute Gasteiger partial charge is 0.352 e. The van der Waals surface area contributed by atoms with Gasteiger partial charge in [0.25, 0.3) is 0 Å². The summed E-state index contributed by atoms with van der Waals surface area (Å²) in [6, 6.07) is 9.97. The molecule has 180 valence electrons. The summed E-state index contributed by atoms with van der Waals surface area (Å²) in [5.74, 6) is -1.54. The lowest BCUT2D eigenvalue weighted by molar-refractivity contribution is -0.139. The molecule has 0 saturated carbocycles. The van der Waals surface area contributed by atoms with E-state index in [0.29, 0.717) is 5.69 Å². The molecule has 0 radical (unpaired) electrons. The van der Waals surface area contributed by atoms with Crippen LogP contribution in [-0.2, 0) is 26.2 Å². The molecule has 1 atom stereocenters. The van der Waals surface area contributed by atoms with Gasteiger partial charge in [0, 0.05) is 18.2 Å². The summed E-state index contributed by atoms with van der Waals surface area (Å²) in [5, 5.41) is 2.75. The molecule has 2 aromatic carbocycles. The quantitative estimate of drug-likeness (QED) is 0.601. The maximum Gasteiger partial charge on any atom is 0.244 e. The second-order valence-corrected chi connectivity index (χ2v) is 10.4. The van der Waals surface area contributed by atoms with Crippen molar-refractivity contribution in [2.45, 2.75) is 53.2 Å². The van der Waals surface area contributed by atoms with Gasteiger partial charge >= 0.3 is 0 Å². The van der Waals surface area contributed by atoms with Crippen LogP contribution in [0.15, 0.2) is 42.5 Å². The minimum atomic E-state index is -3.81. The number of aryl methyl sites for hydroxylation is 2. The first kappa shape index (κ1) is 26.3. The number of benzene rings is 2. The first-order chi connectivity index (χ1) is 15.3. The van der Waals surface area contributed by atoms with E-state index >= 15 is 0 Å². The molecule has 0 aliphatic heterocycles. The number of rotatable bonds is 9. The lowest BCUT2D eigenvalue weighted by Crippen LogP contribution is -2.52. The van der Waals surface area contributed by atoms with E-state index in [0.717, 1.165) is 21.7 Å². The van der Waals surface area contributed by atoms with Gasteiger partial charge in [0.05, 0.1) is 11.9 Å². The first-order valence-corrected chi connectivity index (χ1v) is 12.5. The molecule has 0 bridgehead atoms. The van der Waals surface area contributed by atoms with Crippen molar-refractivity contribution in [2.24, 2.45) is 0 Å². The summed E-state index contributed by atoms with van der Waals surface area (Å²) in [6.07, 6.45) is 1.02. The van der Waals surface area contributed by atoms with E-state index in [4.69, 9.17) is 0 Å². The van der Waals surface area contributed by atoms with Gasteiger partial charge < -0.3 is 10.2 Å². The molecule has 0 saturated heterocycles. The van der Waals surface area contributed by atoms with E-state index in [-0.39, 0.29) is 18.2 Å². The smallest absolute Gasteiger partial charge is 0.244 e. The van der Waals surface area contributed by atoms with Gasteiger partial charge in [0.15, 0.2) is 0 Å². The Morgan fingerprint density at radius 1 is 1.03 bits per heavy atom. The molecule has 9 heteroatoms. The summed E-state index contributed by atoms with van der Waals surface area (Å²) in [7, 11) is -3.81. The van der Waals surface area contributed by atoms with E-state index in [1.807, 2.05) is 13.8 Å². The zero-order chi connectivity index (χ0) is 24.9. The number of halogens is 1. The van der Waals surface area contributed by atoms with Crippen LogP contribution in [0.3, 0.4) is 0 Å². The van der Waals surface area contributed by atoms with Gasteiger partial charge in [0.2, 0.25) is 21.8 Å². The van der Waals surface area contributed by atoms with Crippen molar-refractivity contribution in [2.75, 3.05) is 17.1 Å². The first-order valence-electron chi connectivity index (χ1n) is 10.7. The van der Waals surface area contributed by atoms with Crippen LogP contribution < -0.4 is 9.62 Å². The molecule has 0 unspecified atom stereocenters. The molecule has 0 aromatic heterocycles. The fraction of sp³-hybridized carbons (Fsp3) is 0.417. The van der Waals surface area contributed by atoms with Crippen molar-refractivity contribution < 1.29 is 22.4 Å². The average Bonchev–Trinajstić information content (AvgIpc) is 2.71. The maximum atomic E-state index is 14.3. The van der Waals surface area contributed by atoms with Crippen molar-refractivity contribution in [3.05, 3.63) is 65.0 Å². The lowest BCUT2D eigenvalue weighted by Gasteiger charge is -2.32. The van der Waals surface area contributed by atoms with Crippen molar-refractivity contribution in [3.8, 4) is 0 Å². The number of anilines is 1. The van der Waals surface area contributed by atoms with E-state index < -0.39 is 40.2 Å². The van der Waals surface area contributed by atoms with Crippen LogP contribution in [0, 0.1) is 19.7 Å². The van der Waals surface area contributed by atoms with Crippen molar-refractivity contribution in [1.29, 1.82) is 0 Å². The predicted molar refractivity (Wildman–Crippen MR) is 128 cm³/mol. The number of sulfonamides is 1. The Kier molecular flexibility index (Phi) is 8.60. The topological polar surface area (TPSA) is 86.8 Å². The van der Waals surface area contributed by atoms with Gasteiger partial charge in [-0.1, -0.05) is 24.3 Å². The highest BCUT2D eigenvalue weighted by Crippen LogP contribution is 2.22. The number of hydrogen-bond donors (Lipinski definition) is 1. The predicted octanol–water partition coefficient (Wildman–Crippen LogP) is 3.15. The second kappa shape index (κ2) is 10.8. The molecule has 2 rings (SSSR count). The molecule has 2 aromatic rings. The minimum Gasteiger partial charge on any atom is -0.352 e. The highest BCUT2D eigenvalue weighted by molar-refractivity contribution is 7.92. The molecule has 1 N–H and O–H groups in total. The number of amides is 2. The van der Waals surface area contributed by atoms with Crippen LogP contribution in [0.4, 0.5) is 10.1 Å². The third-order valence-electron chi connectivity index (χ3n) is 5.35. The van der Waals surface area contributed by atoms with Crippen LogP contribution in [0.5, 0.6) is 0 Å². The Bertz CT molecular complexity index is 1120. The zero-order valence-corrected chi connectivity index (χ0v) is 20.7. The second-order valence-electron chi connectivity index (χ2n) is 8.49. The summed E-state index contributed by atoms with van der Waals surface area (Å²) >= 11 is 0. The van der Waals surface area contributed by atoms with Gasteiger partial charge in [-0.2, -0.15) is 0 Å². The number of nitrogens with one attached hydrogen (secondary N) is 1. The van der Waals surface area contributed by atoms with E-state index in [2.05, 4.69) is 5.32 Å². The van der Waals surface area contributed by atoms with E-state index in [1.165, 1.54) is 30.0 Å². The molecule has 0 heterocycles. The number of carbonyl (C=O) groups excluding carboxylic acids is 2.